The van der Waals surface area contributed by atoms with Gasteiger partial charge in [-0.05, 0) is 6.42 Å². The Labute approximate surface area is 128 Å². The molecular formula is C12H27MgO3S-. The Morgan fingerprint density at radius 3 is 1.76 bits per heavy atom. The van der Waals surface area contributed by atoms with Crippen molar-refractivity contribution in [2.45, 2.75) is 71.1 Å². The van der Waals surface area contributed by atoms with Crippen LogP contribution in [-0.2, 0) is 15.5 Å². The van der Waals surface area contributed by atoms with Gasteiger partial charge in [-0.25, -0.2) is 4.21 Å². The smallest absolute Gasteiger partial charge is 1.00 e. The molecule has 0 heterocycles. The molecule has 0 radical (unpaired) electrons. The van der Waals surface area contributed by atoms with E-state index in [0.29, 0.717) is 6.61 Å². The van der Waals surface area contributed by atoms with Crippen LogP contribution in [0, 0.1) is 0 Å². The molecule has 102 valence electrons. The third kappa shape index (κ3) is 19.4. The summed E-state index contributed by atoms with van der Waals surface area (Å²) in [6, 6.07) is 0. The summed E-state index contributed by atoms with van der Waals surface area (Å²) in [6.45, 7) is 2.57. The zero-order valence-electron chi connectivity index (χ0n) is 13.1. The van der Waals surface area contributed by atoms with E-state index in [-0.39, 0.29) is 25.9 Å². The Balaban J connectivity index is -0.000000375. The second kappa shape index (κ2) is 16.8. The fourth-order valence-corrected chi connectivity index (χ4v) is 1.97. The Morgan fingerprint density at radius 1 is 0.941 bits per heavy atom. The summed E-state index contributed by atoms with van der Waals surface area (Å²) in [6.07, 6.45) is 12.5. The minimum Gasteiger partial charge on any atom is -1.00 e. The van der Waals surface area contributed by atoms with Gasteiger partial charge in [0.15, 0.2) is 0 Å². The normalized spacial score (nSPS) is 12.1. The van der Waals surface area contributed by atoms with Gasteiger partial charge in [0.25, 0.3) is 0 Å². The van der Waals surface area contributed by atoms with Crippen LogP contribution in [0.2, 0.25) is 0 Å². The van der Waals surface area contributed by atoms with Crippen molar-refractivity contribution in [1.29, 1.82) is 0 Å². The van der Waals surface area contributed by atoms with E-state index in [4.69, 9.17) is 0 Å². The van der Waals surface area contributed by atoms with Gasteiger partial charge in [-0.15, -0.1) is 0 Å². The van der Waals surface area contributed by atoms with E-state index in [9.17, 15) is 8.76 Å². The first-order valence-corrected chi connectivity index (χ1v) is 7.50. The van der Waals surface area contributed by atoms with Crippen molar-refractivity contribution in [2.75, 3.05) is 6.61 Å². The van der Waals surface area contributed by atoms with Crippen molar-refractivity contribution in [3.8, 4) is 0 Å². The molecule has 0 aliphatic carbocycles. The van der Waals surface area contributed by atoms with E-state index >= 15 is 0 Å². The monoisotopic (exact) mass is 275 g/mol. The topological polar surface area (TPSA) is 49.4 Å². The molecule has 0 spiro atoms. The molecule has 0 bridgehead atoms. The molecule has 5 heteroatoms. The van der Waals surface area contributed by atoms with E-state index in [2.05, 4.69) is 11.1 Å². The number of rotatable bonds is 12. The van der Waals surface area contributed by atoms with E-state index in [0.717, 1.165) is 12.8 Å². The third-order valence-corrected chi connectivity index (χ3v) is 3.04. The molecule has 1 unspecified atom stereocenters. The molecule has 0 aromatic rings. The van der Waals surface area contributed by atoms with Gasteiger partial charge in [0.1, 0.15) is 0 Å². The maximum atomic E-state index is 10.0. The van der Waals surface area contributed by atoms with E-state index in [1.807, 2.05) is 0 Å². The zero-order valence-corrected chi connectivity index (χ0v) is 13.3. The summed E-state index contributed by atoms with van der Waals surface area (Å²) in [5.74, 6) is 0. The van der Waals surface area contributed by atoms with Gasteiger partial charge >= 0.3 is 23.1 Å². The Kier molecular flexibility index (Phi) is 20.0. The summed E-state index contributed by atoms with van der Waals surface area (Å²) < 4.78 is 24.5. The maximum Gasteiger partial charge on any atom is 2.00 e. The molecular weight excluding hydrogens is 249 g/mol. The molecule has 17 heavy (non-hydrogen) atoms. The standard InChI is InChI=1S/C12H26O3S.Mg.2H/c1-2-3-4-5-6-7-8-9-10-11-12-15-16(13)14;;;/h2-12H2,1H3,(H,13,14);;;/q;+2;2*-1/p-1. The Bertz CT molecular complexity index is 177. The minimum absolute atomic E-state index is 0. The molecule has 0 saturated heterocycles. The zero-order chi connectivity index (χ0) is 12.1. The van der Waals surface area contributed by atoms with E-state index < -0.39 is 11.4 Å². The van der Waals surface area contributed by atoms with E-state index in [1.165, 1.54) is 51.4 Å². The molecule has 0 fully saturated rings. The fraction of sp³-hybridized carbons (Fsp3) is 1.00. The second-order valence-electron chi connectivity index (χ2n) is 4.21. The second-order valence-corrected chi connectivity index (χ2v) is 4.85. The first-order valence-electron chi connectivity index (χ1n) is 6.50. The molecule has 0 aliphatic rings. The van der Waals surface area contributed by atoms with E-state index in [1.54, 1.807) is 0 Å². The van der Waals surface area contributed by atoms with Gasteiger partial charge in [0.2, 0.25) is 0 Å². The fourth-order valence-electron chi connectivity index (χ4n) is 1.72. The van der Waals surface area contributed by atoms with Crippen LogP contribution >= 0.6 is 0 Å². The van der Waals surface area contributed by atoms with Crippen molar-refractivity contribution in [2.24, 2.45) is 0 Å². The van der Waals surface area contributed by atoms with Gasteiger partial charge in [-0.1, -0.05) is 64.7 Å². The van der Waals surface area contributed by atoms with Crippen molar-refractivity contribution in [1.82, 2.24) is 0 Å². The van der Waals surface area contributed by atoms with Crippen molar-refractivity contribution >= 4 is 34.4 Å². The first kappa shape index (κ1) is 20.2. The van der Waals surface area contributed by atoms with Gasteiger partial charge in [0, 0.05) is 0 Å². The summed E-state index contributed by atoms with van der Waals surface area (Å²) in [5, 5.41) is 0. The molecule has 3 nitrogen and oxygen atoms in total. The van der Waals surface area contributed by atoms with Crippen LogP contribution in [0.5, 0.6) is 0 Å². The predicted molar refractivity (Wildman–Crippen MR) is 74.7 cm³/mol. The summed E-state index contributed by atoms with van der Waals surface area (Å²) in [7, 11) is 0. The molecule has 0 aromatic heterocycles. The summed E-state index contributed by atoms with van der Waals surface area (Å²) in [5.41, 5.74) is 0. The van der Waals surface area contributed by atoms with Crippen LogP contribution in [-0.4, -0.2) is 38.4 Å². The molecule has 1 atom stereocenters. The maximum absolute atomic E-state index is 10.0. The van der Waals surface area contributed by atoms with Crippen molar-refractivity contribution < 1.29 is 15.8 Å². The summed E-state index contributed by atoms with van der Waals surface area (Å²) in [4.78, 5) is 0. The largest absolute Gasteiger partial charge is 2.00 e. The summed E-state index contributed by atoms with van der Waals surface area (Å²) >= 11 is -2.33. The molecule has 0 rings (SSSR count). The average molecular weight is 276 g/mol. The van der Waals surface area contributed by atoms with Gasteiger partial charge < -0.3 is 11.6 Å². The number of hydrogen-bond donors (Lipinski definition) is 0. The predicted octanol–water partition coefficient (Wildman–Crippen LogP) is 3.56. The van der Waals surface area contributed by atoms with Crippen LogP contribution in [0.25, 0.3) is 0 Å². The Hall–Kier alpha value is 0.836. The van der Waals surface area contributed by atoms with Crippen LogP contribution < -0.4 is 0 Å². The van der Waals surface area contributed by atoms with Gasteiger partial charge in [0.05, 0.1) is 18.0 Å². The molecule has 0 saturated carbocycles. The van der Waals surface area contributed by atoms with Crippen LogP contribution in [0.4, 0.5) is 0 Å². The minimum atomic E-state index is -2.33. The average Bonchev–Trinajstić information content (AvgIpc) is 2.25. The van der Waals surface area contributed by atoms with Crippen molar-refractivity contribution in [3.05, 3.63) is 0 Å². The molecule has 0 aromatic carbocycles. The van der Waals surface area contributed by atoms with Crippen LogP contribution in [0.3, 0.4) is 0 Å². The number of unbranched alkanes of at least 4 members (excludes halogenated alkanes) is 9. The molecule has 0 N–H and O–H groups in total. The quantitative estimate of drug-likeness (QED) is 0.311. The van der Waals surface area contributed by atoms with Crippen LogP contribution in [0.15, 0.2) is 0 Å². The van der Waals surface area contributed by atoms with Gasteiger partial charge in [-0.3, -0.25) is 0 Å². The Morgan fingerprint density at radius 2 is 1.35 bits per heavy atom. The van der Waals surface area contributed by atoms with Gasteiger partial charge in [-0.2, -0.15) is 0 Å². The molecule has 0 aliphatic heterocycles. The third-order valence-electron chi connectivity index (χ3n) is 2.68. The molecule has 0 amide bonds. The SMILES string of the molecule is CCCCCCCCCCCCOS(=O)[O-].[H-].[H-].[Mg+2]. The van der Waals surface area contributed by atoms with Crippen molar-refractivity contribution in [3.63, 3.8) is 0 Å². The van der Waals surface area contributed by atoms with Crippen LogP contribution in [0.1, 0.15) is 74.0 Å². The number of hydrogen-bond acceptors (Lipinski definition) is 3. The first-order chi connectivity index (χ1) is 7.77.